The predicted octanol–water partition coefficient (Wildman–Crippen LogP) is 5.08. The Morgan fingerprint density at radius 3 is 2.12 bits per heavy atom. The molecule has 0 atom stereocenters. The third kappa shape index (κ3) is 5.70. The molecule has 8 heteroatoms. The monoisotopic (exact) mass is 543 g/mol. The summed E-state index contributed by atoms with van der Waals surface area (Å²) < 4.78 is 36.1. The standard InChI is InChI=1S/C24H23BrN2O3S.C2H7N/c1-26(2)15-16-30-24-21-17-19(25)13-14-22(21)27(23(24)18-9-5-3-6-10-18)31(28,29)20-11-7-4-8-12-20;1-3-2/h3-14,17H,15-16H2,1-2H3;3H,1-2H3. The molecule has 180 valence electrons. The average molecular weight is 545 g/mol. The number of rotatable bonds is 7. The summed E-state index contributed by atoms with van der Waals surface area (Å²) >= 11 is 3.52. The van der Waals surface area contributed by atoms with Crippen LogP contribution in [0.3, 0.4) is 0 Å². The third-order valence-electron chi connectivity index (χ3n) is 4.95. The van der Waals surface area contributed by atoms with Crippen molar-refractivity contribution in [1.29, 1.82) is 0 Å². The van der Waals surface area contributed by atoms with E-state index in [1.807, 2.05) is 81.6 Å². The van der Waals surface area contributed by atoms with Gasteiger partial charge >= 0.3 is 0 Å². The smallest absolute Gasteiger partial charge is 0.268 e. The molecule has 0 aliphatic carbocycles. The summed E-state index contributed by atoms with van der Waals surface area (Å²) in [5.74, 6) is 0.559. The molecule has 0 bridgehead atoms. The molecule has 34 heavy (non-hydrogen) atoms. The van der Waals surface area contributed by atoms with E-state index >= 15 is 0 Å². The SMILES string of the molecule is CN(C)CCOc1c(-c2ccccc2)n(S(=O)(=O)c2ccccc2)c2ccc(Br)cc12.CNC. The van der Waals surface area contributed by atoms with Crippen molar-refractivity contribution in [3.8, 4) is 17.0 Å². The van der Waals surface area contributed by atoms with Gasteiger partial charge in [0.25, 0.3) is 10.0 Å². The Morgan fingerprint density at radius 2 is 1.53 bits per heavy atom. The van der Waals surface area contributed by atoms with Crippen molar-refractivity contribution in [3.63, 3.8) is 0 Å². The number of benzene rings is 3. The minimum atomic E-state index is -3.87. The number of nitrogens with zero attached hydrogens (tertiary/aromatic N) is 2. The van der Waals surface area contributed by atoms with Gasteiger partial charge in [0, 0.05) is 22.0 Å². The normalized spacial score (nSPS) is 11.4. The van der Waals surface area contributed by atoms with Crippen molar-refractivity contribution in [2.75, 3.05) is 41.3 Å². The Labute approximate surface area is 210 Å². The van der Waals surface area contributed by atoms with Crippen LogP contribution in [0.25, 0.3) is 22.2 Å². The highest BCUT2D eigenvalue weighted by molar-refractivity contribution is 9.10. The molecule has 1 N–H and O–H groups in total. The molecule has 0 fully saturated rings. The maximum absolute atomic E-state index is 13.8. The first kappa shape index (κ1) is 26.0. The van der Waals surface area contributed by atoms with Gasteiger partial charge in [-0.2, -0.15) is 0 Å². The second-order valence-electron chi connectivity index (χ2n) is 7.94. The second-order valence-corrected chi connectivity index (χ2v) is 10.6. The molecule has 4 aromatic rings. The van der Waals surface area contributed by atoms with Crippen molar-refractivity contribution < 1.29 is 13.2 Å². The fourth-order valence-corrected chi connectivity index (χ4v) is 5.40. The number of hydrogen-bond donors (Lipinski definition) is 1. The quantitative estimate of drug-likeness (QED) is 0.352. The lowest BCUT2D eigenvalue weighted by molar-refractivity contribution is 0.264. The Kier molecular flexibility index (Phi) is 8.90. The molecule has 0 amide bonds. The van der Waals surface area contributed by atoms with Gasteiger partial charge in [-0.15, -0.1) is 0 Å². The lowest BCUT2D eigenvalue weighted by Crippen LogP contribution is -2.19. The van der Waals surface area contributed by atoms with Crippen LogP contribution in [0.1, 0.15) is 0 Å². The van der Waals surface area contributed by atoms with E-state index in [9.17, 15) is 8.42 Å². The summed E-state index contributed by atoms with van der Waals surface area (Å²) in [7, 11) is 3.83. The highest BCUT2D eigenvalue weighted by Gasteiger charge is 2.29. The summed E-state index contributed by atoms with van der Waals surface area (Å²) in [6.07, 6.45) is 0. The van der Waals surface area contributed by atoms with Crippen molar-refractivity contribution >= 4 is 36.9 Å². The zero-order chi connectivity index (χ0) is 24.7. The maximum Gasteiger partial charge on any atom is 0.268 e. The number of likely N-dealkylation sites (N-methyl/N-ethyl adjacent to an activating group) is 1. The zero-order valence-corrected chi connectivity index (χ0v) is 22.2. The van der Waals surface area contributed by atoms with Gasteiger partial charge in [-0.3, -0.25) is 0 Å². The minimum absolute atomic E-state index is 0.229. The Bertz CT molecular complexity index is 1320. The molecule has 0 aliphatic heterocycles. The van der Waals surface area contributed by atoms with Crippen molar-refractivity contribution in [2.45, 2.75) is 4.90 Å². The maximum atomic E-state index is 13.8. The second kappa shape index (κ2) is 11.7. The molecule has 1 heterocycles. The van der Waals surface area contributed by atoms with Crippen LogP contribution in [0, 0.1) is 0 Å². The van der Waals surface area contributed by atoms with E-state index in [-0.39, 0.29) is 4.90 Å². The molecule has 0 spiro atoms. The summed E-state index contributed by atoms with van der Waals surface area (Å²) in [6.45, 7) is 1.14. The van der Waals surface area contributed by atoms with Gasteiger partial charge in [-0.1, -0.05) is 64.5 Å². The van der Waals surface area contributed by atoms with Gasteiger partial charge in [-0.05, 0) is 58.5 Å². The molecular formula is C26H30BrN3O3S. The topological polar surface area (TPSA) is 63.6 Å². The van der Waals surface area contributed by atoms with Gasteiger partial charge < -0.3 is 15.0 Å². The number of nitrogens with one attached hydrogen (secondary N) is 1. The summed E-state index contributed by atoms with van der Waals surface area (Å²) in [6, 6.07) is 23.5. The number of fused-ring (bicyclic) bond motifs is 1. The zero-order valence-electron chi connectivity index (χ0n) is 19.8. The Hall–Kier alpha value is -2.65. The number of halogens is 1. The largest absolute Gasteiger partial charge is 0.489 e. The highest BCUT2D eigenvalue weighted by Crippen LogP contribution is 2.43. The first-order valence-corrected chi connectivity index (χ1v) is 13.1. The molecule has 4 rings (SSSR count). The van der Waals surface area contributed by atoms with Crippen LogP contribution >= 0.6 is 15.9 Å². The molecule has 3 aromatic carbocycles. The van der Waals surface area contributed by atoms with Crippen LogP contribution in [0.5, 0.6) is 5.75 Å². The minimum Gasteiger partial charge on any atom is -0.489 e. The lowest BCUT2D eigenvalue weighted by atomic mass is 10.1. The molecule has 0 saturated heterocycles. The first-order chi connectivity index (χ1) is 16.3. The van der Waals surface area contributed by atoms with E-state index in [0.717, 1.165) is 15.4 Å². The van der Waals surface area contributed by atoms with Gasteiger partial charge in [-0.25, -0.2) is 12.4 Å². The van der Waals surface area contributed by atoms with Crippen LogP contribution in [-0.2, 0) is 10.0 Å². The van der Waals surface area contributed by atoms with E-state index in [4.69, 9.17) is 4.74 Å². The van der Waals surface area contributed by atoms with Crippen molar-refractivity contribution in [1.82, 2.24) is 14.2 Å². The van der Waals surface area contributed by atoms with Gasteiger partial charge in [0.2, 0.25) is 0 Å². The van der Waals surface area contributed by atoms with Gasteiger partial charge in [0.15, 0.2) is 5.75 Å². The fraction of sp³-hybridized carbons (Fsp3) is 0.231. The summed E-state index contributed by atoms with van der Waals surface area (Å²) in [4.78, 5) is 2.25. The van der Waals surface area contributed by atoms with Gasteiger partial charge in [0.1, 0.15) is 12.3 Å². The number of ether oxygens (including phenoxy) is 1. The Morgan fingerprint density at radius 1 is 0.941 bits per heavy atom. The molecule has 0 radical (unpaired) electrons. The fourth-order valence-electron chi connectivity index (χ4n) is 3.48. The van der Waals surface area contributed by atoms with Crippen molar-refractivity contribution in [3.05, 3.63) is 83.3 Å². The van der Waals surface area contributed by atoms with Crippen LogP contribution < -0.4 is 10.1 Å². The number of hydrogen-bond acceptors (Lipinski definition) is 5. The van der Waals surface area contributed by atoms with E-state index in [0.29, 0.717) is 30.1 Å². The van der Waals surface area contributed by atoms with Crippen LogP contribution in [0.2, 0.25) is 0 Å². The molecule has 0 saturated carbocycles. The predicted molar refractivity (Wildman–Crippen MR) is 143 cm³/mol. The number of aromatic nitrogens is 1. The van der Waals surface area contributed by atoms with Crippen LogP contribution in [-0.4, -0.2) is 58.6 Å². The molecule has 6 nitrogen and oxygen atoms in total. The van der Waals surface area contributed by atoms with E-state index < -0.39 is 10.0 Å². The molecular weight excluding hydrogens is 514 g/mol. The van der Waals surface area contributed by atoms with E-state index in [1.54, 1.807) is 30.3 Å². The van der Waals surface area contributed by atoms with Crippen molar-refractivity contribution in [2.24, 2.45) is 0 Å². The third-order valence-corrected chi connectivity index (χ3v) is 7.17. The average Bonchev–Trinajstić information content (AvgIpc) is 3.15. The molecule has 0 unspecified atom stereocenters. The van der Waals surface area contributed by atoms with E-state index in [2.05, 4.69) is 21.2 Å². The van der Waals surface area contributed by atoms with Gasteiger partial charge in [0.05, 0.1) is 10.4 Å². The Balaban J connectivity index is 0.00000103. The van der Waals surface area contributed by atoms with E-state index in [1.165, 1.54) is 3.97 Å². The molecule has 1 aromatic heterocycles. The molecule has 0 aliphatic rings. The van der Waals surface area contributed by atoms with Crippen LogP contribution in [0.4, 0.5) is 0 Å². The summed E-state index contributed by atoms with van der Waals surface area (Å²) in [5.41, 5.74) is 1.87. The first-order valence-electron chi connectivity index (χ1n) is 10.9. The van der Waals surface area contributed by atoms with Crippen LogP contribution in [0.15, 0.2) is 88.2 Å². The highest BCUT2D eigenvalue weighted by atomic mass is 79.9. The lowest BCUT2D eigenvalue weighted by Gasteiger charge is -2.15. The summed E-state index contributed by atoms with van der Waals surface area (Å²) in [5, 5.41) is 3.49.